The predicted octanol–water partition coefficient (Wildman–Crippen LogP) is 12.3. The highest BCUT2D eigenvalue weighted by atomic mass is 32.1. The smallest absolute Gasteiger partial charge is 0.407 e. The van der Waals surface area contributed by atoms with Gasteiger partial charge in [-0.2, -0.15) is 10.2 Å². The van der Waals surface area contributed by atoms with E-state index in [1.807, 2.05) is 114 Å². The number of carboxylic acids is 1. The van der Waals surface area contributed by atoms with E-state index in [0.717, 1.165) is 118 Å². The average Bonchev–Trinajstić information content (AvgIpc) is 4.33. The number of carbonyl (C=O) groups is 3. The van der Waals surface area contributed by atoms with Gasteiger partial charge in [0.15, 0.2) is 0 Å². The fraction of sp³-hybridized carbons (Fsp3) is 0.426. The summed E-state index contributed by atoms with van der Waals surface area (Å²) in [5.41, 5.74) is 8.84. The fourth-order valence-corrected chi connectivity index (χ4v) is 10.5. The second-order valence-corrected chi connectivity index (χ2v) is 25.6. The van der Waals surface area contributed by atoms with Crippen LogP contribution in [0, 0.1) is 13.8 Å². The predicted molar refractivity (Wildman–Crippen MR) is 326 cm³/mol. The molecule has 8 aromatic rings. The highest BCUT2D eigenvalue weighted by Gasteiger charge is 2.23. The maximum atomic E-state index is 12.7. The van der Waals surface area contributed by atoms with Gasteiger partial charge in [-0.05, 0) is 107 Å². The fourth-order valence-electron chi connectivity index (χ4n) is 8.82. The number of carbonyl (C=O) groups excluding carboxylic acids is 2. The quantitative estimate of drug-likeness (QED) is 0.0678. The van der Waals surface area contributed by atoms with Crippen LogP contribution >= 0.6 is 22.7 Å². The number of alkyl carbamates (subject to hydrolysis) is 1. The molecule has 0 bridgehead atoms. The Bertz CT molecular complexity index is 3500. The molecule has 0 atom stereocenters. The summed E-state index contributed by atoms with van der Waals surface area (Å²) in [6, 6.07) is 16.7. The van der Waals surface area contributed by atoms with Gasteiger partial charge >= 0.3 is 12.1 Å². The largest absolute Gasteiger partial charge is 0.477 e. The minimum Gasteiger partial charge on any atom is -0.477 e. The van der Waals surface area contributed by atoms with Crippen molar-refractivity contribution in [1.82, 2.24) is 60.1 Å². The lowest BCUT2D eigenvalue weighted by Gasteiger charge is -2.22. The van der Waals surface area contributed by atoms with Crippen LogP contribution in [0.4, 0.5) is 28.1 Å². The molecule has 2 aliphatic rings. The summed E-state index contributed by atoms with van der Waals surface area (Å²) in [7, 11) is 0. The molecule has 8 heterocycles. The van der Waals surface area contributed by atoms with Gasteiger partial charge in [0.05, 0.1) is 69.6 Å². The van der Waals surface area contributed by atoms with Gasteiger partial charge in [-0.3, -0.25) is 14.2 Å². The number of hydrogen-bond acceptors (Lipinski definition) is 18. The van der Waals surface area contributed by atoms with Crippen molar-refractivity contribution in [1.29, 1.82) is 0 Å². The Morgan fingerprint density at radius 3 is 1.45 bits per heavy atom. The van der Waals surface area contributed by atoms with Crippen LogP contribution in [0.3, 0.4) is 0 Å². The Kier molecular flexibility index (Phi) is 20.4. The van der Waals surface area contributed by atoms with Crippen molar-refractivity contribution in [3.8, 4) is 22.5 Å². The monoisotopic (exact) mass is 1180 g/mol. The molecule has 10 rings (SSSR count). The van der Waals surface area contributed by atoms with Crippen LogP contribution < -0.4 is 21.3 Å². The summed E-state index contributed by atoms with van der Waals surface area (Å²) in [5, 5.41) is 31.8. The van der Waals surface area contributed by atoms with Gasteiger partial charge in [0.25, 0.3) is 5.91 Å². The van der Waals surface area contributed by atoms with E-state index in [2.05, 4.69) is 89.3 Å². The molecule has 444 valence electrons. The Hall–Kier alpha value is -7.99. The van der Waals surface area contributed by atoms with E-state index in [4.69, 9.17) is 24.3 Å². The van der Waals surface area contributed by atoms with Crippen LogP contribution in [0.25, 0.3) is 22.5 Å². The summed E-state index contributed by atoms with van der Waals surface area (Å²) < 4.78 is 20.2. The molecule has 2 saturated heterocycles. The van der Waals surface area contributed by atoms with Crippen LogP contribution in [-0.2, 0) is 38.1 Å². The lowest BCUT2D eigenvalue weighted by molar-refractivity contribution is 0.0522. The average molecular weight is 1180 g/mol. The number of nitrogens with zero attached hydrogens (tertiary/aromatic N) is 10. The molecule has 2 fully saturated rings. The molecule has 2 aromatic carbocycles. The maximum absolute atomic E-state index is 12.7. The van der Waals surface area contributed by atoms with Gasteiger partial charge in [-0.15, -0.1) is 22.7 Å². The number of hydrogen-bond donors (Lipinski definition) is 5. The van der Waals surface area contributed by atoms with E-state index in [-0.39, 0.29) is 16.7 Å². The van der Waals surface area contributed by atoms with Crippen LogP contribution in [0.5, 0.6) is 0 Å². The number of ether oxygens (including phenoxy) is 3. The van der Waals surface area contributed by atoms with Crippen LogP contribution in [0.1, 0.15) is 152 Å². The molecule has 0 aliphatic carbocycles. The lowest BCUT2D eigenvalue weighted by Crippen LogP contribution is -2.32. The van der Waals surface area contributed by atoms with E-state index in [1.54, 1.807) is 31.0 Å². The third-order valence-corrected chi connectivity index (χ3v) is 16.3. The van der Waals surface area contributed by atoms with Crippen molar-refractivity contribution in [2.24, 2.45) is 0 Å². The molecule has 23 heteroatoms. The van der Waals surface area contributed by atoms with Gasteiger partial charge in [-0.25, -0.2) is 39.5 Å². The van der Waals surface area contributed by atoms with Gasteiger partial charge in [0.2, 0.25) is 11.9 Å². The van der Waals surface area contributed by atoms with Crippen molar-refractivity contribution in [3.05, 3.63) is 140 Å². The number of benzene rings is 2. The first kappa shape index (κ1) is 62.1. The minimum absolute atomic E-state index is 0.0572. The summed E-state index contributed by atoms with van der Waals surface area (Å²) in [6.45, 7) is 25.8. The maximum Gasteiger partial charge on any atom is 0.407 e. The number of rotatable bonds is 14. The van der Waals surface area contributed by atoms with Crippen molar-refractivity contribution in [2.75, 3.05) is 37.1 Å². The number of nitrogens with one attached hydrogen (secondary N) is 4. The third kappa shape index (κ3) is 17.8. The zero-order valence-corrected chi connectivity index (χ0v) is 51.3. The third-order valence-electron chi connectivity index (χ3n) is 13.4. The summed E-state index contributed by atoms with van der Waals surface area (Å²) >= 11 is 2.68. The summed E-state index contributed by atoms with van der Waals surface area (Å²) in [4.78, 5) is 62.6. The molecule has 0 spiro atoms. The molecule has 84 heavy (non-hydrogen) atoms. The molecule has 0 unspecified atom stereocenters. The van der Waals surface area contributed by atoms with E-state index in [0.29, 0.717) is 46.8 Å². The number of carboxylic acid groups (broad SMARTS) is 1. The molecular weight excluding hydrogens is 1100 g/mol. The molecule has 5 N–H and O–H groups in total. The number of anilines is 4. The number of aromatic nitrogens is 10. The summed E-state index contributed by atoms with van der Waals surface area (Å²) in [6.07, 6.45) is 17.6. The van der Waals surface area contributed by atoms with Crippen LogP contribution in [-0.4, -0.2) is 105 Å². The molecule has 2 amide bonds. The highest BCUT2D eigenvalue weighted by Crippen LogP contribution is 2.30. The van der Waals surface area contributed by atoms with Crippen LogP contribution in [0.15, 0.2) is 98.1 Å². The normalized spacial score (nSPS) is 14.1. The van der Waals surface area contributed by atoms with E-state index in [9.17, 15) is 14.4 Å². The lowest BCUT2D eigenvalue weighted by atomic mass is 9.98. The Labute approximate surface area is 498 Å². The number of aromatic carboxylic acids is 1. The molecule has 6 aromatic heterocycles. The second kappa shape index (κ2) is 27.6. The van der Waals surface area contributed by atoms with Gasteiger partial charge in [0.1, 0.15) is 15.4 Å². The zero-order valence-electron chi connectivity index (χ0n) is 49.6. The van der Waals surface area contributed by atoms with Crippen molar-refractivity contribution < 1.29 is 33.7 Å². The van der Waals surface area contributed by atoms with Crippen LogP contribution in [0.2, 0.25) is 0 Å². The first-order valence-electron chi connectivity index (χ1n) is 28.0. The van der Waals surface area contributed by atoms with Crippen molar-refractivity contribution >= 4 is 63.9 Å². The highest BCUT2D eigenvalue weighted by molar-refractivity contribution is 7.14. The Balaban J connectivity index is 0.000000184. The minimum atomic E-state index is -0.900. The Morgan fingerprint density at radius 2 is 1.05 bits per heavy atom. The molecule has 0 saturated carbocycles. The van der Waals surface area contributed by atoms with Crippen molar-refractivity contribution in [3.63, 3.8) is 0 Å². The van der Waals surface area contributed by atoms with Gasteiger partial charge in [-0.1, -0.05) is 65.8 Å². The number of amides is 2. The van der Waals surface area contributed by atoms with Crippen molar-refractivity contribution in [2.45, 2.75) is 143 Å². The van der Waals surface area contributed by atoms with E-state index >= 15 is 0 Å². The molecular formula is C61H76N14O7S2. The van der Waals surface area contributed by atoms with E-state index < -0.39 is 17.7 Å². The topological polar surface area (TPSA) is 260 Å². The zero-order chi connectivity index (χ0) is 60.2. The molecule has 2 aliphatic heterocycles. The summed E-state index contributed by atoms with van der Waals surface area (Å²) in [5.74, 6) is 0.0238. The molecule has 21 nitrogen and oxygen atoms in total. The second-order valence-electron chi connectivity index (χ2n) is 23.6. The standard InChI is InChI=1S/C28H33N7O2S.C25H32N6O3.C8H11NO2S/c1-18-13-19(5-6-20(18)14-30-25(36)24-16-31-26(38-24)28(2,3)4)23-7-10-29-27(34-23)33-21-15-32-35(17-21)22-8-11-37-12-9-22;1-17-13-18(5-6-19(17)14-27-24(32)34-25(2,3)4)22-7-10-26-23(30-22)29-20-15-28-31(16-20)21-8-11-33-12-9-21;1-8(2,3)7-9-4-5(12-7)6(10)11/h5-7,10,13,15-17,22H,8-9,11-12,14H2,1-4H3,(H,30,36)(H,29,33,34);5-7,10,13,15-16,21H,8-9,11-12,14H2,1-4H3,(H,27,32)(H,26,29,30);4H,1-3H3,(H,10,11). The van der Waals surface area contributed by atoms with Gasteiger partial charge in [0, 0.05) is 86.3 Å². The van der Waals surface area contributed by atoms with E-state index in [1.165, 1.54) is 28.9 Å². The number of aryl methyl sites for hydroxylation is 2. The SMILES string of the molecule is CC(C)(C)c1ncc(C(=O)O)s1.Cc1cc(-c2ccnc(Nc3cnn(C4CCOCC4)c3)n2)ccc1CNC(=O)OC(C)(C)C.Cc1cc(-c2ccnc(Nc3cnn(C4CCOCC4)c3)n2)ccc1CNC(=O)c1cnc(C(C)(C)C)s1. The first-order chi connectivity index (χ1) is 39.9. The number of thiazole rings is 2. The molecule has 0 radical (unpaired) electrons. The van der Waals surface area contributed by atoms with Gasteiger partial charge < -0.3 is 40.6 Å². The first-order valence-corrected chi connectivity index (χ1v) is 29.6. The Morgan fingerprint density at radius 1 is 0.607 bits per heavy atom.